The number of rotatable bonds is 3. The molecule has 0 radical (unpaired) electrons. The molecule has 4 aromatic rings. The van der Waals surface area contributed by atoms with Gasteiger partial charge in [-0.05, 0) is 24.3 Å². The van der Waals surface area contributed by atoms with Gasteiger partial charge in [0.15, 0.2) is 0 Å². The van der Waals surface area contributed by atoms with E-state index in [1.165, 1.54) is 0 Å². The van der Waals surface area contributed by atoms with Gasteiger partial charge in [-0.2, -0.15) is 0 Å². The average molecular weight is 310 g/mol. The molecule has 0 fully saturated rings. The molecular formula is C20H14N4. The van der Waals surface area contributed by atoms with Crippen LogP contribution < -0.4 is 0 Å². The maximum Gasteiger partial charge on any atom is 0.0347 e. The molecule has 0 atom stereocenters. The lowest BCUT2D eigenvalue weighted by molar-refractivity contribution is 1.28. The van der Waals surface area contributed by atoms with Crippen molar-refractivity contribution in [1.82, 2.24) is 19.9 Å². The molecule has 24 heavy (non-hydrogen) atoms. The largest absolute Gasteiger partial charge is 0.264 e. The minimum absolute atomic E-state index is 1.02. The summed E-state index contributed by atoms with van der Waals surface area (Å²) in [5.41, 5.74) is 6.20. The highest BCUT2D eigenvalue weighted by Gasteiger charge is 2.05. The number of nitrogens with zero attached hydrogens (tertiary/aromatic N) is 4. The second-order valence-electron chi connectivity index (χ2n) is 5.41. The Hall–Kier alpha value is -3.40. The van der Waals surface area contributed by atoms with Gasteiger partial charge in [0.05, 0.1) is 0 Å². The molecule has 4 aromatic heterocycles. The van der Waals surface area contributed by atoms with E-state index in [-0.39, 0.29) is 0 Å². The first kappa shape index (κ1) is 14.2. The number of aromatic nitrogens is 4. The molecule has 0 aromatic carbocycles. The molecule has 0 bridgehead atoms. The van der Waals surface area contributed by atoms with Gasteiger partial charge in [-0.1, -0.05) is 12.1 Å². The highest BCUT2D eigenvalue weighted by Crippen LogP contribution is 2.27. The van der Waals surface area contributed by atoms with Gasteiger partial charge < -0.3 is 0 Å². The van der Waals surface area contributed by atoms with Crippen LogP contribution in [0.2, 0.25) is 0 Å². The van der Waals surface area contributed by atoms with Crippen LogP contribution in [-0.4, -0.2) is 19.9 Å². The Morgan fingerprint density at radius 3 is 1.17 bits per heavy atom. The topological polar surface area (TPSA) is 51.6 Å². The van der Waals surface area contributed by atoms with E-state index in [2.05, 4.69) is 32.1 Å². The Bertz CT molecular complexity index is 872. The molecule has 0 N–H and O–H groups in total. The summed E-state index contributed by atoms with van der Waals surface area (Å²) in [6.07, 6.45) is 14.6. The van der Waals surface area contributed by atoms with Gasteiger partial charge >= 0.3 is 0 Å². The predicted octanol–water partition coefficient (Wildman–Crippen LogP) is 4.27. The summed E-state index contributed by atoms with van der Waals surface area (Å²) in [6.45, 7) is 0. The number of pyridine rings is 4. The molecule has 4 rings (SSSR count). The van der Waals surface area contributed by atoms with Crippen LogP contribution in [0.25, 0.3) is 33.4 Å². The zero-order valence-electron chi connectivity index (χ0n) is 12.9. The predicted molar refractivity (Wildman–Crippen MR) is 93.9 cm³/mol. The molecule has 114 valence electrons. The van der Waals surface area contributed by atoms with Crippen LogP contribution in [0, 0.1) is 0 Å². The fourth-order valence-electron chi connectivity index (χ4n) is 2.58. The second-order valence-corrected chi connectivity index (χ2v) is 5.41. The van der Waals surface area contributed by atoms with E-state index in [1.807, 2.05) is 61.4 Å². The average Bonchev–Trinajstić information content (AvgIpc) is 2.70. The summed E-state index contributed by atoms with van der Waals surface area (Å²) >= 11 is 0. The maximum absolute atomic E-state index is 4.37. The fraction of sp³-hybridized carbons (Fsp3) is 0. The zero-order valence-corrected chi connectivity index (χ0v) is 12.9. The Morgan fingerprint density at radius 1 is 0.417 bits per heavy atom. The van der Waals surface area contributed by atoms with Gasteiger partial charge in [-0.3, -0.25) is 19.9 Å². The summed E-state index contributed by atoms with van der Waals surface area (Å²) in [5.74, 6) is 0. The van der Waals surface area contributed by atoms with Crippen molar-refractivity contribution in [2.24, 2.45) is 0 Å². The molecule has 0 aliphatic rings. The molecule has 0 saturated heterocycles. The molecule has 0 aliphatic carbocycles. The molecule has 0 spiro atoms. The summed E-state index contributed by atoms with van der Waals surface area (Å²) in [5, 5.41) is 0. The summed E-state index contributed by atoms with van der Waals surface area (Å²) in [4.78, 5) is 17.1. The highest BCUT2D eigenvalue weighted by molar-refractivity contribution is 5.74. The normalized spacial score (nSPS) is 10.5. The van der Waals surface area contributed by atoms with Crippen LogP contribution >= 0.6 is 0 Å². The molecule has 4 heteroatoms. The fourth-order valence-corrected chi connectivity index (χ4v) is 2.58. The van der Waals surface area contributed by atoms with Crippen molar-refractivity contribution in [3.63, 3.8) is 0 Å². The molecule has 0 amide bonds. The summed E-state index contributed by atoms with van der Waals surface area (Å²) < 4.78 is 0. The van der Waals surface area contributed by atoms with E-state index < -0.39 is 0 Å². The lowest BCUT2D eigenvalue weighted by Crippen LogP contribution is -1.87. The van der Waals surface area contributed by atoms with E-state index >= 15 is 0 Å². The standard InChI is InChI=1S/C20H14N4/c1-3-15(9-21-5-1)17-7-19(13-23-11-17)20-8-18(12-24-14-20)16-4-2-6-22-10-16/h1-14H. The quantitative estimate of drug-likeness (QED) is 0.567. The van der Waals surface area contributed by atoms with Crippen molar-refractivity contribution < 1.29 is 0 Å². The molecule has 4 heterocycles. The Labute approximate surface area is 139 Å². The SMILES string of the molecule is c1cncc(-c2cncc(-c3cncc(-c4cccnc4)c3)c2)c1. The Balaban J connectivity index is 1.75. The van der Waals surface area contributed by atoms with Crippen LogP contribution in [0.15, 0.2) is 86.0 Å². The van der Waals surface area contributed by atoms with Gasteiger partial charge in [0.25, 0.3) is 0 Å². The lowest BCUT2D eigenvalue weighted by atomic mass is 10.0. The van der Waals surface area contributed by atoms with Crippen molar-refractivity contribution in [2.45, 2.75) is 0 Å². The Kier molecular flexibility index (Phi) is 3.78. The van der Waals surface area contributed by atoms with Gasteiger partial charge in [-0.15, -0.1) is 0 Å². The minimum Gasteiger partial charge on any atom is -0.264 e. The van der Waals surface area contributed by atoms with Gasteiger partial charge in [0, 0.05) is 83.0 Å². The first-order chi connectivity index (χ1) is 11.9. The van der Waals surface area contributed by atoms with Crippen LogP contribution in [0.4, 0.5) is 0 Å². The van der Waals surface area contributed by atoms with E-state index in [0.29, 0.717) is 0 Å². The summed E-state index contributed by atoms with van der Waals surface area (Å²) in [7, 11) is 0. The first-order valence-electron chi connectivity index (χ1n) is 7.61. The molecule has 0 aliphatic heterocycles. The first-order valence-corrected chi connectivity index (χ1v) is 7.61. The third-order valence-electron chi connectivity index (χ3n) is 3.80. The summed E-state index contributed by atoms with van der Waals surface area (Å²) in [6, 6.07) is 12.1. The molecule has 4 nitrogen and oxygen atoms in total. The molecule has 0 saturated carbocycles. The van der Waals surface area contributed by atoms with Crippen molar-refractivity contribution in [1.29, 1.82) is 0 Å². The van der Waals surface area contributed by atoms with Crippen molar-refractivity contribution in [3.05, 3.63) is 86.0 Å². The minimum atomic E-state index is 1.02. The molecular weight excluding hydrogens is 296 g/mol. The van der Waals surface area contributed by atoms with E-state index in [0.717, 1.165) is 33.4 Å². The van der Waals surface area contributed by atoms with E-state index in [4.69, 9.17) is 0 Å². The third kappa shape index (κ3) is 2.90. The molecule has 0 unspecified atom stereocenters. The van der Waals surface area contributed by atoms with Gasteiger partial charge in [0.2, 0.25) is 0 Å². The van der Waals surface area contributed by atoms with Crippen LogP contribution in [0.5, 0.6) is 0 Å². The highest BCUT2D eigenvalue weighted by atomic mass is 14.7. The van der Waals surface area contributed by atoms with Crippen LogP contribution in [0.1, 0.15) is 0 Å². The van der Waals surface area contributed by atoms with Gasteiger partial charge in [0.1, 0.15) is 0 Å². The number of hydrogen-bond donors (Lipinski definition) is 0. The zero-order chi connectivity index (χ0) is 16.2. The Morgan fingerprint density at radius 2 is 0.792 bits per heavy atom. The maximum atomic E-state index is 4.37. The van der Waals surface area contributed by atoms with E-state index in [1.54, 1.807) is 12.4 Å². The van der Waals surface area contributed by atoms with E-state index in [9.17, 15) is 0 Å². The monoisotopic (exact) mass is 310 g/mol. The smallest absolute Gasteiger partial charge is 0.0347 e. The van der Waals surface area contributed by atoms with Gasteiger partial charge in [-0.25, -0.2) is 0 Å². The van der Waals surface area contributed by atoms with Crippen LogP contribution in [-0.2, 0) is 0 Å². The van der Waals surface area contributed by atoms with Crippen molar-refractivity contribution in [2.75, 3.05) is 0 Å². The second kappa shape index (κ2) is 6.38. The van der Waals surface area contributed by atoms with Crippen molar-refractivity contribution >= 4 is 0 Å². The van der Waals surface area contributed by atoms with Crippen molar-refractivity contribution in [3.8, 4) is 33.4 Å². The third-order valence-corrected chi connectivity index (χ3v) is 3.80. The number of hydrogen-bond acceptors (Lipinski definition) is 4. The van der Waals surface area contributed by atoms with Crippen LogP contribution in [0.3, 0.4) is 0 Å². The lowest BCUT2D eigenvalue weighted by Gasteiger charge is -2.07.